The second-order valence-corrected chi connectivity index (χ2v) is 4.92. The third kappa shape index (κ3) is 2.61. The molecule has 0 saturated heterocycles. The fraction of sp³-hybridized carbons (Fsp3) is 0.583. The van der Waals surface area contributed by atoms with Crippen LogP contribution in [0.15, 0.2) is 23.3 Å². The molecular formula is C12H18N2O. The maximum Gasteiger partial charge on any atom is 0.204 e. The summed E-state index contributed by atoms with van der Waals surface area (Å²) in [5.41, 5.74) is 6.43. The predicted octanol–water partition coefficient (Wildman–Crippen LogP) is 2.01. The van der Waals surface area contributed by atoms with E-state index in [0.717, 1.165) is 6.54 Å². The fourth-order valence-electron chi connectivity index (χ4n) is 1.84. The highest BCUT2D eigenvalue weighted by molar-refractivity contribution is 5.33. The summed E-state index contributed by atoms with van der Waals surface area (Å²) in [4.78, 5) is 11.1. The molecule has 3 heteroatoms. The Hall–Kier alpha value is -1.25. The first kappa shape index (κ1) is 10.3. The number of anilines is 1. The second-order valence-electron chi connectivity index (χ2n) is 4.92. The lowest BCUT2D eigenvalue weighted by molar-refractivity contribution is 0.464. The van der Waals surface area contributed by atoms with E-state index in [2.05, 4.69) is 6.92 Å². The molecule has 1 fully saturated rings. The van der Waals surface area contributed by atoms with E-state index in [9.17, 15) is 4.79 Å². The van der Waals surface area contributed by atoms with Gasteiger partial charge in [0.05, 0.1) is 5.69 Å². The summed E-state index contributed by atoms with van der Waals surface area (Å²) in [6, 6.07) is 1.54. The summed E-state index contributed by atoms with van der Waals surface area (Å²) in [6.45, 7) is 3.30. The minimum atomic E-state index is -0.0830. The van der Waals surface area contributed by atoms with Crippen molar-refractivity contribution in [2.45, 2.75) is 39.2 Å². The van der Waals surface area contributed by atoms with Gasteiger partial charge in [-0.3, -0.25) is 4.79 Å². The molecule has 2 N–H and O–H groups in total. The number of nitrogens with zero attached hydrogens (tertiary/aromatic N) is 1. The predicted molar refractivity (Wildman–Crippen MR) is 61.7 cm³/mol. The SMILES string of the molecule is CC1(CCCn2ccc(=O)c(N)c2)CC1. The molecule has 82 valence electrons. The molecule has 1 aliphatic carbocycles. The Morgan fingerprint density at radius 3 is 2.87 bits per heavy atom. The Labute approximate surface area is 89.9 Å². The van der Waals surface area contributed by atoms with E-state index in [1.807, 2.05) is 10.8 Å². The molecule has 0 radical (unpaired) electrons. The van der Waals surface area contributed by atoms with Crippen LogP contribution in [-0.4, -0.2) is 4.57 Å². The Morgan fingerprint density at radius 1 is 1.53 bits per heavy atom. The van der Waals surface area contributed by atoms with Crippen LogP contribution in [0.4, 0.5) is 5.69 Å². The number of hydrogen-bond acceptors (Lipinski definition) is 2. The number of nitrogens with two attached hydrogens (primary N) is 1. The van der Waals surface area contributed by atoms with Gasteiger partial charge in [0.2, 0.25) is 5.43 Å². The number of pyridine rings is 1. The lowest BCUT2D eigenvalue weighted by Gasteiger charge is -2.10. The molecule has 3 nitrogen and oxygen atoms in total. The molecule has 1 heterocycles. The van der Waals surface area contributed by atoms with E-state index in [0.29, 0.717) is 11.1 Å². The molecule has 1 aliphatic rings. The van der Waals surface area contributed by atoms with Gasteiger partial charge in [0.1, 0.15) is 0 Å². The molecular weight excluding hydrogens is 188 g/mol. The standard InChI is InChI=1S/C12H18N2O/c1-12(5-6-12)4-2-7-14-8-3-11(15)10(13)9-14/h3,8-9H,2,4-7,13H2,1H3. The van der Waals surface area contributed by atoms with Crippen molar-refractivity contribution >= 4 is 5.69 Å². The lowest BCUT2D eigenvalue weighted by Crippen LogP contribution is -2.11. The summed E-state index contributed by atoms with van der Waals surface area (Å²) in [5.74, 6) is 0. The van der Waals surface area contributed by atoms with Crippen molar-refractivity contribution in [1.29, 1.82) is 0 Å². The Balaban J connectivity index is 1.88. The van der Waals surface area contributed by atoms with Gasteiger partial charge in [-0.1, -0.05) is 6.92 Å². The van der Waals surface area contributed by atoms with Crippen LogP contribution < -0.4 is 11.2 Å². The van der Waals surface area contributed by atoms with E-state index < -0.39 is 0 Å². The van der Waals surface area contributed by atoms with Crippen LogP contribution in [0.2, 0.25) is 0 Å². The van der Waals surface area contributed by atoms with Crippen molar-refractivity contribution in [3.8, 4) is 0 Å². The minimum absolute atomic E-state index is 0.0830. The quantitative estimate of drug-likeness (QED) is 0.819. The molecule has 1 aromatic heterocycles. The van der Waals surface area contributed by atoms with Gasteiger partial charge in [-0.05, 0) is 31.1 Å². The van der Waals surface area contributed by atoms with Crippen molar-refractivity contribution in [3.05, 3.63) is 28.7 Å². The first-order chi connectivity index (χ1) is 7.09. The third-order valence-corrected chi connectivity index (χ3v) is 3.31. The zero-order valence-electron chi connectivity index (χ0n) is 9.20. The highest BCUT2D eigenvalue weighted by atomic mass is 16.1. The first-order valence-electron chi connectivity index (χ1n) is 5.55. The third-order valence-electron chi connectivity index (χ3n) is 3.31. The average Bonchev–Trinajstić information content (AvgIpc) is 2.90. The molecule has 0 spiro atoms. The van der Waals surface area contributed by atoms with Gasteiger partial charge in [-0.15, -0.1) is 0 Å². The van der Waals surface area contributed by atoms with E-state index in [1.165, 1.54) is 31.7 Å². The number of rotatable bonds is 4. The zero-order valence-corrected chi connectivity index (χ0v) is 9.20. The maximum absolute atomic E-state index is 11.1. The van der Waals surface area contributed by atoms with E-state index >= 15 is 0 Å². The van der Waals surface area contributed by atoms with Crippen molar-refractivity contribution < 1.29 is 0 Å². The highest BCUT2D eigenvalue weighted by Crippen LogP contribution is 2.48. The van der Waals surface area contributed by atoms with Gasteiger partial charge < -0.3 is 10.3 Å². The minimum Gasteiger partial charge on any atom is -0.394 e. The van der Waals surface area contributed by atoms with Crippen LogP contribution in [0, 0.1) is 5.41 Å². The molecule has 1 saturated carbocycles. The molecule has 1 aromatic rings. The lowest BCUT2D eigenvalue weighted by atomic mass is 10.0. The average molecular weight is 206 g/mol. The van der Waals surface area contributed by atoms with Crippen LogP contribution in [0.25, 0.3) is 0 Å². The van der Waals surface area contributed by atoms with Gasteiger partial charge in [-0.25, -0.2) is 0 Å². The largest absolute Gasteiger partial charge is 0.394 e. The zero-order chi connectivity index (χ0) is 10.9. The van der Waals surface area contributed by atoms with Crippen molar-refractivity contribution in [1.82, 2.24) is 4.57 Å². The Bertz CT molecular complexity index is 404. The second kappa shape index (κ2) is 3.72. The highest BCUT2D eigenvalue weighted by Gasteiger charge is 2.35. The molecule has 0 atom stereocenters. The summed E-state index contributed by atoms with van der Waals surface area (Å²) < 4.78 is 2.00. The van der Waals surface area contributed by atoms with Gasteiger partial charge in [0.25, 0.3) is 0 Å². The summed E-state index contributed by atoms with van der Waals surface area (Å²) in [6.07, 6.45) is 8.74. The monoisotopic (exact) mass is 206 g/mol. The Kier molecular flexibility index (Phi) is 2.55. The number of aryl methyl sites for hydroxylation is 1. The summed E-state index contributed by atoms with van der Waals surface area (Å²) >= 11 is 0. The van der Waals surface area contributed by atoms with Crippen LogP contribution in [0.1, 0.15) is 32.6 Å². The molecule has 0 bridgehead atoms. The number of nitrogen functional groups attached to an aromatic ring is 1. The molecule has 0 amide bonds. The van der Waals surface area contributed by atoms with Gasteiger partial charge in [0.15, 0.2) is 0 Å². The van der Waals surface area contributed by atoms with Crippen LogP contribution in [0.3, 0.4) is 0 Å². The summed E-state index contributed by atoms with van der Waals surface area (Å²) in [7, 11) is 0. The van der Waals surface area contributed by atoms with Crippen LogP contribution in [-0.2, 0) is 6.54 Å². The van der Waals surface area contributed by atoms with Crippen molar-refractivity contribution in [2.75, 3.05) is 5.73 Å². The topological polar surface area (TPSA) is 48.0 Å². The van der Waals surface area contributed by atoms with E-state index in [4.69, 9.17) is 5.73 Å². The van der Waals surface area contributed by atoms with Crippen molar-refractivity contribution in [3.63, 3.8) is 0 Å². The normalized spacial score (nSPS) is 17.7. The van der Waals surface area contributed by atoms with Gasteiger partial charge >= 0.3 is 0 Å². The summed E-state index contributed by atoms with van der Waals surface area (Å²) in [5, 5.41) is 0. The number of hydrogen-bond donors (Lipinski definition) is 1. The molecule has 15 heavy (non-hydrogen) atoms. The molecule has 2 rings (SSSR count). The van der Waals surface area contributed by atoms with E-state index in [1.54, 1.807) is 6.20 Å². The first-order valence-corrected chi connectivity index (χ1v) is 5.55. The van der Waals surface area contributed by atoms with Crippen molar-refractivity contribution in [2.24, 2.45) is 5.41 Å². The smallest absolute Gasteiger partial charge is 0.204 e. The molecule has 0 aliphatic heterocycles. The van der Waals surface area contributed by atoms with Gasteiger partial charge in [-0.2, -0.15) is 0 Å². The van der Waals surface area contributed by atoms with Crippen LogP contribution in [0.5, 0.6) is 0 Å². The van der Waals surface area contributed by atoms with Gasteiger partial charge in [0, 0.05) is 25.0 Å². The Morgan fingerprint density at radius 2 is 2.27 bits per heavy atom. The van der Waals surface area contributed by atoms with Crippen LogP contribution >= 0.6 is 0 Å². The fourth-order valence-corrected chi connectivity index (χ4v) is 1.84. The maximum atomic E-state index is 11.1. The number of aromatic nitrogens is 1. The molecule has 0 aromatic carbocycles. The van der Waals surface area contributed by atoms with E-state index in [-0.39, 0.29) is 5.43 Å². The molecule has 0 unspecified atom stereocenters.